The Morgan fingerprint density at radius 1 is 0.704 bits per heavy atom. The van der Waals surface area contributed by atoms with Gasteiger partial charge in [0.05, 0.1) is 0 Å². The molecular weight excluding hydrogens is 375 g/mol. The third kappa shape index (κ3) is 4.04. The van der Waals surface area contributed by atoms with Gasteiger partial charge in [0.25, 0.3) is 0 Å². The second-order valence-corrected chi connectivity index (χ2v) is 7.64. The second-order valence-electron chi connectivity index (χ2n) is 6.83. The monoisotopic (exact) mass is 396 g/mol. The van der Waals surface area contributed by atoms with E-state index in [1.165, 1.54) is 11.1 Å². The Morgan fingerprint density at radius 2 is 1.30 bits per heavy atom. The van der Waals surface area contributed by atoms with E-state index in [9.17, 15) is 0 Å². The van der Waals surface area contributed by atoms with Crippen LogP contribution in [0.1, 0.15) is 5.56 Å². The summed E-state index contributed by atoms with van der Waals surface area (Å²) >= 11 is 13.2. The summed E-state index contributed by atoms with van der Waals surface area (Å²) < 4.78 is 0. The zero-order valence-corrected chi connectivity index (χ0v) is 16.6. The van der Waals surface area contributed by atoms with Gasteiger partial charge in [0, 0.05) is 53.9 Å². The number of nitrogens with zero attached hydrogens (tertiary/aromatic N) is 1. The predicted octanol–water partition coefficient (Wildman–Crippen LogP) is 5.73. The van der Waals surface area contributed by atoms with Gasteiger partial charge in [0.1, 0.15) is 0 Å². The fourth-order valence-electron chi connectivity index (χ4n) is 3.73. The van der Waals surface area contributed by atoms with Crippen molar-refractivity contribution in [1.29, 1.82) is 0 Å². The average molecular weight is 397 g/mol. The van der Waals surface area contributed by atoms with Crippen molar-refractivity contribution >= 4 is 23.2 Å². The second kappa shape index (κ2) is 8.45. The largest absolute Gasteiger partial charge is 0.314 e. The van der Waals surface area contributed by atoms with Gasteiger partial charge in [-0.15, -0.1) is 0 Å². The number of nitrogens with one attached hydrogen (secondary N) is 1. The van der Waals surface area contributed by atoms with Crippen molar-refractivity contribution in [3.63, 3.8) is 0 Å². The van der Waals surface area contributed by atoms with Crippen molar-refractivity contribution in [3.8, 4) is 22.3 Å². The van der Waals surface area contributed by atoms with Gasteiger partial charge in [-0.2, -0.15) is 0 Å². The molecule has 1 heterocycles. The van der Waals surface area contributed by atoms with Gasteiger partial charge in [-0.25, -0.2) is 0 Å². The number of rotatable bonds is 4. The molecule has 0 amide bonds. The van der Waals surface area contributed by atoms with Crippen LogP contribution in [0, 0.1) is 0 Å². The highest BCUT2D eigenvalue weighted by molar-refractivity contribution is 6.34. The van der Waals surface area contributed by atoms with Crippen LogP contribution < -0.4 is 5.32 Å². The lowest BCUT2D eigenvalue weighted by Gasteiger charge is -2.28. The maximum atomic E-state index is 6.62. The fraction of sp³-hybridized carbons (Fsp3) is 0.217. The maximum absolute atomic E-state index is 6.62. The number of benzene rings is 3. The molecule has 1 N–H and O–H groups in total. The van der Waals surface area contributed by atoms with Crippen LogP contribution >= 0.6 is 23.2 Å². The molecule has 1 fully saturated rings. The van der Waals surface area contributed by atoms with Gasteiger partial charge in [-0.3, -0.25) is 4.90 Å². The molecule has 3 aromatic rings. The summed E-state index contributed by atoms with van der Waals surface area (Å²) in [7, 11) is 0. The minimum Gasteiger partial charge on any atom is -0.314 e. The first kappa shape index (κ1) is 18.5. The number of hydrogen-bond donors (Lipinski definition) is 1. The Kier molecular flexibility index (Phi) is 5.80. The maximum Gasteiger partial charge on any atom is 0.0484 e. The van der Waals surface area contributed by atoms with Gasteiger partial charge in [-0.05, 0) is 28.8 Å². The topological polar surface area (TPSA) is 15.3 Å². The molecule has 0 aromatic heterocycles. The Morgan fingerprint density at radius 3 is 1.96 bits per heavy atom. The van der Waals surface area contributed by atoms with E-state index in [0.29, 0.717) is 0 Å². The lowest BCUT2D eigenvalue weighted by atomic mass is 9.90. The molecule has 0 radical (unpaired) electrons. The summed E-state index contributed by atoms with van der Waals surface area (Å²) in [5, 5.41) is 4.94. The van der Waals surface area contributed by atoms with Crippen molar-refractivity contribution in [3.05, 3.63) is 82.3 Å². The summed E-state index contributed by atoms with van der Waals surface area (Å²) in [5.41, 5.74) is 5.68. The molecule has 2 nitrogen and oxygen atoms in total. The number of piperazine rings is 1. The molecule has 0 saturated carbocycles. The molecule has 0 bridgehead atoms. The van der Waals surface area contributed by atoms with E-state index < -0.39 is 0 Å². The van der Waals surface area contributed by atoms with Crippen LogP contribution in [0.15, 0.2) is 66.7 Å². The first-order chi connectivity index (χ1) is 13.2. The lowest BCUT2D eigenvalue weighted by molar-refractivity contribution is 0.233. The van der Waals surface area contributed by atoms with Gasteiger partial charge < -0.3 is 5.32 Å². The highest BCUT2D eigenvalue weighted by atomic mass is 35.5. The number of halogens is 2. The van der Waals surface area contributed by atoms with Crippen LogP contribution in [0.3, 0.4) is 0 Å². The summed E-state index contributed by atoms with van der Waals surface area (Å²) in [4.78, 5) is 2.49. The quantitative estimate of drug-likeness (QED) is 0.605. The third-order valence-corrected chi connectivity index (χ3v) is 5.72. The molecule has 0 unspecified atom stereocenters. The van der Waals surface area contributed by atoms with Crippen molar-refractivity contribution < 1.29 is 0 Å². The molecular formula is C23H22Cl2N2. The molecule has 0 atom stereocenters. The minimum absolute atomic E-state index is 0.755. The molecule has 138 valence electrons. The first-order valence-corrected chi connectivity index (χ1v) is 10.0. The van der Waals surface area contributed by atoms with Crippen LogP contribution in [-0.2, 0) is 6.54 Å². The van der Waals surface area contributed by atoms with E-state index >= 15 is 0 Å². The standard InChI is InChI=1S/C23H22Cl2N2/c24-21-10-3-1-7-18(21)19-9-5-6-17(16-27-14-12-26-13-15-27)23(19)20-8-2-4-11-22(20)25/h1-11,26H,12-16H2. The molecule has 0 spiro atoms. The molecule has 4 rings (SSSR count). The van der Waals surface area contributed by atoms with E-state index in [1.54, 1.807) is 0 Å². The fourth-order valence-corrected chi connectivity index (χ4v) is 4.20. The SMILES string of the molecule is Clc1ccccc1-c1cccc(CN2CCNCC2)c1-c1ccccc1Cl. The molecule has 3 aromatic carbocycles. The van der Waals surface area contributed by atoms with E-state index in [0.717, 1.165) is 59.5 Å². The summed E-state index contributed by atoms with van der Waals surface area (Å²) in [6, 6.07) is 22.5. The molecule has 1 aliphatic heterocycles. The van der Waals surface area contributed by atoms with Crippen LogP contribution in [-0.4, -0.2) is 31.1 Å². The summed E-state index contributed by atoms with van der Waals surface area (Å²) in [5.74, 6) is 0. The van der Waals surface area contributed by atoms with Crippen LogP contribution in [0.5, 0.6) is 0 Å². The van der Waals surface area contributed by atoms with Gasteiger partial charge in [0.15, 0.2) is 0 Å². The molecule has 0 aliphatic carbocycles. The van der Waals surface area contributed by atoms with Gasteiger partial charge in [0.2, 0.25) is 0 Å². The smallest absolute Gasteiger partial charge is 0.0484 e. The average Bonchev–Trinajstić information content (AvgIpc) is 2.70. The zero-order valence-electron chi connectivity index (χ0n) is 15.1. The predicted molar refractivity (Wildman–Crippen MR) is 115 cm³/mol. The normalized spacial score (nSPS) is 15.0. The number of hydrogen-bond acceptors (Lipinski definition) is 2. The Balaban J connectivity index is 1.88. The molecule has 27 heavy (non-hydrogen) atoms. The summed E-state index contributed by atoms with van der Waals surface area (Å²) in [6.45, 7) is 5.08. The third-order valence-electron chi connectivity index (χ3n) is 5.06. The zero-order chi connectivity index (χ0) is 18.6. The van der Waals surface area contributed by atoms with Crippen molar-refractivity contribution in [2.45, 2.75) is 6.54 Å². The summed E-state index contributed by atoms with van der Waals surface area (Å²) in [6.07, 6.45) is 0. The first-order valence-electron chi connectivity index (χ1n) is 9.29. The highest BCUT2D eigenvalue weighted by Gasteiger charge is 2.18. The van der Waals surface area contributed by atoms with E-state index in [1.807, 2.05) is 36.4 Å². The van der Waals surface area contributed by atoms with Crippen molar-refractivity contribution in [1.82, 2.24) is 10.2 Å². The van der Waals surface area contributed by atoms with Crippen molar-refractivity contribution in [2.24, 2.45) is 0 Å². The lowest BCUT2D eigenvalue weighted by Crippen LogP contribution is -2.42. The molecule has 1 aliphatic rings. The van der Waals surface area contributed by atoms with E-state index in [-0.39, 0.29) is 0 Å². The van der Waals surface area contributed by atoms with E-state index in [2.05, 4.69) is 40.5 Å². The Labute approximate surface area is 170 Å². The van der Waals surface area contributed by atoms with E-state index in [4.69, 9.17) is 23.2 Å². The van der Waals surface area contributed by atoms with Gasteiger partial charge >= 0.3 is 0 Å². The van der Waals surface area contributed by atoms with Crippen LogP contribution in [0.2, 0.25) is 10.0 Å². The van der Waals surface area contributed by atoms with Crippen LogP contribution in [0.25, 0.3) is 22.3 Å². The van der Waals surface area contributed by atoms with Crippen LogP contribution in [0.4, 0.5) is 0 Å². The Bertz CT molecular complexity index is 933. The molecule has 1 saturated heterocycles. The Hall–Kier alpha value is -1.84. The minimum atomic E-state index is 0.755. The highest BCUT2D eigenvalue weighted by Crippen LogP contribution is 2.41. The molecule has 4 heteroatoms. The van der Waals surface area contributed by atoms with Crippen molar-refractivity contribution in [2.75, 3.05) is 26.2 Å². The van der Waals surface area contributed by atoms with Gasteiger partial charge in [-0.1, -0.05) is 77.8 Å².